The van der Waals surface area contributed by atoms with Gasteiger partial charge < -0.3 is 4.79 Å². The van der Waals surface area contributed by atoms with Crippen LogP contribution in [0.2, 0.25) is 0 Å². The molecule has 0 N–H and O–H groups in total. The molecule has 1 heteroatoms. The Hall–Kier alpha value is -1.89. The van der Waals surface area contributed by atoms with E-state index in [1.165, 1.54) is 5.56 Å². The Balaban J connectivity index is 2.16. The van der Waals surface area contributed by atoms with Crippen molar-refractivity contribution < 1.29 is 4.79 Å². The Kier molecular flexibility index (Phi) is 3.50. The molecule has 0 aliphatic rings. The zero-order chi connectivity index (χ0) is 11.2. The van der Waals surface area contributed by atoms with Gasteiger partial charge in [-0.2, -0.15) is 0 Å². The summed E-state index contributed by atoms with van der Waals surface area (Å²) in [5, 5.41) is 0. The Morgan fingerprint density at radius 1 is 0.875 bits per heavy atom. The summed E-state index contributed by atoms with van der Waals surface area (Å²) in [5.74, 6) is -0.0383. The van der Waals surface area contributed by atoms with Crippen LogP contribution in [0.4, 0.5) is 0 Å². The Labute approximate surface area is 95.7 Å². The van der Waals surface area contributed by atoms with Gasteiger partial charge in [0.05, 0.1) is 0 Å². The highest BCUT2D eigenvalue weighted by molar-refractivity contribution is 5.62. The number of carbonyl (C=O) groups is 1. The van der Waals surface area contributed by atoms with Crippen molar-refractivity contribution in [1.82, 2.24) is 0 Å². The van der Waals surface area contributed by atoms with E-state index in [9.17, 15) is 4.79 Å². The van der Waals surface area contributed by atoms with Crippen LogP contribution < -0.4 is 0 Å². The highest BCUT2D eigenvalue weighted by Crippen LogP contribution is 2.18. The Bertz CT molecular complexity index is 434. The van der Waals surface area contributed by atoms with E-state index >= 15 is 0 Å². The van der Waals surface area contributed by atoms with Crippen molar-refractivity contribution in [3.8, 4) is 0 Å². The SMILES string of the molecule is O=C[C@@H](Cc1ccccc1)c1ccccc1. The molecule has 2 aromatic rings. The fraction of sp³-hybridized carbons (Fsp3) is 0.133. The van der Waals surface area contributed by atoms with Crippen LogP contribution in [0.1, 0.15) is 17.0 Å². The lowest BCUT2D eigenvalue weighted by atomic mass is 9.93. The summed E-state index contributed by atoms with van der Waals surface area (Å²) in [5.41, 5.74) is 2.28. The minimum atomic E-state index is -0.0383. The van der Waals surface area contributed by atoms with Gasteiger partial charge in [-0.15, -0.1) is 0 Å². The average molecular weight is 210 g/mol. The molecule has 0 spiro atoms. The molecule has 0 saturated carbocycles. The van der Waals surface area contributed by atoms with E-state index in [2.05, 4.69) is 12.1 Å². The molecule has 0 unspecified atom stereocenters. The molecule has 2 rings (SSSR count). The maximum Gasteiger partial charge on any atom is 0.127 e. The fourth-order valence-electron chi connectivity index (χ4n) is 1.81. The van der Waals surface area contributed by atoms with Crippen LogP contribution in [0, 0.1) is 0 Å². The molecule has 0 aliphatic heterocycles. The van der Waals surface area contributed by atoms with E-state index in [1.807, 2.05) is 48.5 Å². The summed E-state index contributed by atoms with van der Waals surface area (Å²) in [7, 11) is 0. The van der Waals surface area contributed by atoms with Crippen LogP contribution in [-0.2, 0) is 11.2 Å². The predicted octanol–water partition coefficient (Wildman–Crippen LogP) is 3.21. The number of rotatable bonds is 4. The van der Waals surface area contributed by atoms with Crippen molar-refractivity contribution in [3.05, 3.63) is 71.8 Å². The average Bonchev–Trinajstić information content (AvgIpc) is 2.38. The first kappa shape index (κ1) is 10.6. The molecule has 0 radical (unpaired) electrons. The fourth-order valence-corrected chi connectivity index (χ4v) is 1.81. The Morgan fingerprint density at radius 3 is 2.00 bits per heavy atom. The van der Waals surface area contributed by atoms with E-state index in [0.717, 1.165) is 18.3 Å². The van der Waals surface area contributed by atoms with Gasteiger partial charge in [-0.1, -0.05) is 60.7 Å². The zero-order valence-electron chi connectivity index (χ0n) is 9.04. The summed E-state index contributed by atoms with van der Waals surface area (Å²) in [6.45, 7) is 0. The topological polar surface area (TPSA) is 17.1 Å². The van der Waals surface area contributed by atoms with Gasteiger partial charge in [0.25, 0.3) is 0 Å². The lowest BCUT2D eigenvalue weighted by Gasteiger charge is -2.10. The third-order valence-electron chi connectivity index (χ3n) is 2.69. The van der Waals surface area contributed by atoms with Crippen molar-refractivity contribution in [2.24, 2.45) is 0 Å². The molecule has 2 aromatic carbocycles. The van der Waals surface area contributed by atoms with Crippen molar-refractivity contribution >= 4 is 6.29 Å². The third-order valence-corrected chi connectivity index (χ3v) is 2.69. The first-order valence-electron chi connectivity index (χ1n) is 5.44. The van der Waals surface area contributed by atoms with Crippen LogP contribution in [0.5, 0.6) is 0 Å². The minimum absolute atomic E-state index is 0.0383. The number of hydrogen-bond acceptors (Lipinski definition) is 1. The monoisotopic (exact) mass is 210 g/mol. The largest absolute Gasteiger partial charge is 0.303 e. The van der Waals surface area contributed by atoms with Crippen LogP contribution in [0.25, 0.3) is 0 Å². The normalized spacial score (nSPS) is 12.0. The molecule has 80 valence electrons. The van der Waals surface area contributed by atoms with Crippen LogP contribution in [0.15, 0.2) is 60.7 Å². The van der Waals surface area contributed by atoms with Gasteiger partial charge in [-0.3, -0.25) is 0 Å². The van der Waals surface area contributed by atoms with Crippen molar-refractivity contribution in [3.63, 3.8) is 0 Å². The molecule has 0 fully saturated rings. The maximum atomic E-state index is 11.1. The highest BCUT2D eigenvalue weighted by Gasteiger charge is 2.10. The van der Waals surface area contributed by atoms with E-state index in [-0.39, 0.29) is 5.92 Å². The van der Waals surface area contributed by atoms with Crippen molar-refractivity contribution in [2.45, 2.75) is 12.3 Å². The third kappa shape index (κ3) is 2.57. The summed E-state index contributed by atoms with van der Waals surface area (Å²) in [6, 6.07) is 20.0. The second-order valence-corrected chi connectivity index (χ2v) is 3.84. The molecule has 0 amide bonds. The summed E-state index contributed by atoms with van der Waals surface area (Å²) in [6.07, 6.45) is 1.80. The molecule has 1 atom stereocenters. The molecule has 0 aromatic heterocycles. The van der Waals surface area contributed by atoms with Crippen molar-refractivity contribution in [1.29, 1.82) is 0 Å². The van der Waals surface area contributed by atoms with Gasteiger partial charge >= 0.3 is 0 Å². The van der Waals surface area contributed by atoms with Gasteiger partial charge in [0.15, 0.2) is 0 Å². The number of aldehydes is 1. The lowest BCUT2D eigenvalue weighted by molar-refractivity contribution is -0.109. The molecule has 16 heavy (non-hydrogen) atoms. The highest BCUT2D eigenvalue weighted by atomic mass is 16.1. The quantitative estimate of drug-likeness (QED) is 0.708. The molecule has 0 aliphatic carbocycles. The summed E-state index contributed by atoms with van der Waals surface area (Å²) in [4.78, 5) is 11.1. The van der Waals surface area contributed by atoms with E-state index in [0.29, 0.717) is 0 Å². The standard InChI is InChI=1S/C15H14O/c16-12-15(14-9-5-2-6-10-14)11-13-7-3-1-4-8-13/h1-10,12,15H,11H2/t15-/m1/s1. The first-order chi connectivity index (χ1) is 7.90. The summed E-state index contributed by atoms with van der Waals surface area (Å²) < 4.78 is 0. The Morgan fingerprint density at radius 2 is 1.44 bits per heavy atom. The summed E-state index contributed by atoms with van der Waals surface area (Å²) >= 11 is 0. The zero-order valence-corrected chi connectivity index (χ0v) is 9.04. The van der Waals surface area contributed by atoms with Crippen LogP contribution in [0.3, 0.4) is 0 Å². The molecule has 0 saturated heterocycles. The van der Waals surface area contributed by atoms with Gasteiger partial charge in [0, 0.05) is 5.92 Å². The van der Waals surface area contributed by atoms with Gasteiger partial charge in [-0.25, -0.2) is 0 Å². The van der Waals surface area contributed by atoms with E-state index < -0.39 is 0 Å². The van der Waals surface area contributed by atoms with Gasteiger partial charge in [0.1, 0.15) is 6.29 Å². The number of carbonyl (C=O) groups excluding carboxylic acids is 1. The first-order valence-corrected chi connectivity index (χ1v) is 5.44. The lowest BCUT2D eigenvalue weighted by Crippen LogP contribution is -2.03. The molecular weight excluding hydrogens is 196 g/mol. The van der Waals surface area contributed by atoms with Gasteiger partial charge in [0.2, 0.25) is 0 Å². The van der Waals surface area contributed by atoms with E-state index in [4.69, 9.17) is 0 Å². The van der Waals surface area contributed by atoms with Crippen LogP contribution >= 0.6 is 0 Å². The van der Waals surface area contributed by atoms with E-state index in [1.54, 1.807) is 0 Å². The second-order valence-electron chi connectivity index (χ2n) is 3.84. The van der Waals surface area contributed by atoms with Crippen molar-refractivity contribution in [2.75, 3.05) is 0 Å². The van der Waals surface area contributed by atoms with Crippen LogP contribution in [-0.4, -0.2) is 6.29 Å². The predicted molar refractivity (Wildman–Crippen MR) is 65.4 cm³/mol. The minimum Gasteiger partial charge on any atom is -0.303 e. The second kappa shape index (κ2) is 5.26. The molecular formula is C15H14O. The number of benzene rings is 2. The maximum absolute atomic E-state index is 11.1. The van der Waals surface area contributed by atoms with Gasteiger partial charge in [-0.05, 0) is 17.5 Å². The molecule has 0 heterocycles. The molecule has 1 nitrogen and oxygen atoms in total. The number of hydrogen-bond donors (Lipinski definition) is 0. The molecule has 0 bridgehead atoms. The smallest absolute Gasteiger partial charge is 0.127 e.